The molecule has 0 bridgehead atoms. The summed E-state index contributed by atoms with van der Waals surface area (Å²) in [7, 11) is 1.92. The summed E-state index contributed by atoms with van der Waals surface area (Å²) >= 11 is 8.05. The average molecular weight is 637 g/mol. The van der Waals surface area contributed by atoms with Gasteiger partial charge in [0.2, 0.25) is 5.91 Å². The molecule has 0 aliphatic carbocycles. The minimum Gasteiger partial charge on any atom is -0.452 e. The molecule has 3 aliphatic heterocycles. The molecule has 9 unspecified atom stereocenters. The Morgan fingerprint density at radius 2 is 1.93 bits per heavy atom. The molecule has 0 saturated carbocycles. The number of likely N-dealkylation sites (tertiary alicyclic amines) is 1. The standard InChI is InChI=1S/C31H41ClN2O8S/c1-8-9-12-19-15-21(34(6)16-19)28(36)33-23(17(2)32)24-25-26(42-31(4,5)41-25)27(30(40-24)43-7)39-29(37)20-13-10-11-14-22(20)38-18(3)35/h10-11,13-14,17,19,21,23-27,30H,8,15-16H2,1-7H3,(H,33,36). The van der Waals surface area contributed by atoms with Crippen LogP contribution in [0.1, 0.15) is 57.8 Å². The Morgan fingerprint density at radius 1 is 1.23 bits per heavy atom. The number of likely N-dealkylation sites (N-methyl/N-ethyl adjacent to an activating group) is 1. The molecule has 12 heteroatoms. The van der Waals surface area contributed by atoms with Gasteiger partial charge in [0.05, 0.1) is 17.5 Å². The molecule has 1 amide bonds. The van der Waals surface area contributed by atoms with Crippen molar-refractivity contribution in [3.8, 4) is 17.6 Å². The van der Waals surface area contributed by atoms with Crippen molar-refractivity contribution in [2.75, 3.05) is 19.8 Å². The highest BCUT2D eigenvalue weighted by Crippen LogP contribution is 2.43. The SMILES string of the molecule is CCC#CC1CC(C(=O)NC(C(C)Cl)C2OC(SC)C(OC(=O)c3ccccc3OC(C)=O)C3OC(C)(C)OC23)N(C)C1. The summed E-state index contributed by atoms with van der Waals surface area (Å²) in [5.41, 5.74) is -0.581. The van der Waals surface area contributed by atoms with E-state index in [1.54, 1.807) is 32.9 Å². The van der Waals surface area contributed by atoms with Crippen LogP contribution in [0.15, 0.2) is 24.3 Å². The third-order valence-corrected chi connectivity index (χ3v) is 8.81. The molecule has 1 aromatic rings. The lowest BCUT2D eigenvalue weighted by Gasteiger charge is -2.44. The summed E-state index contributed by atoms with van der Waals surface area (Å²) in [5.74, 6) is 4.16. The Balaban J connectivity index is 1.57. The van der Waals surface area contributed by atoms with Gasteiger partial charge in [-0.2, -0.15) is 0 Å². The number of ether oxygens (including phenoxy) is 5. The fourth-order valence-electron chi connectivity index (χ4n) is 5.83. The number of nitrogens with one attached hydrogen (secondary N) is 1. The van der Waals surface area contributed by atoms with Crippen LogP contribution < -0.4 is 10.1 Å². The van der Waals surface area contributed by atoms with Gasteiger partial charge in [-0.25, -0.2) is 4.79 Å². The molecule has 10 nitrogen and oxygen atoms in total. The molecule has 3 saturated heterocycles. The number of benzene rings is 1. The molecule has 236 valence electrons. The van der Waals surface area contributed by atoms with E-state index in [0.29, 0.717) is 13.0 Å². The number of alkyl halides is 1. The number of esters is 2. The molecule has 43 heavy (non-hydrogen) atoms. The van der Waals surface area contributed by atoms with Gasteiger partial charge in [-0.15, -0.1) is 29.3 Å². The summed E-state index contributed by atoms with van der Waals surface area (Å²) in [6.45, 7) is 9.32. The number of fused-ring (bicyclic) bond motifs is 1. The fraction of sp³-hybridized carbons (Fsp3) is 0.645. The van der Waals surface area contributed by atoms with E-state index >= 15 is 0 Å². The molecule has 3 aliphatic rings. The van der Waals surface area contributed by atoms with Gasteiger partial charge in [-0.05, 0) is 52.6 Å². The second-order valence-electron chi connectivity index (χ2n) is 11.5. The van der Waals surface area contributed by atoms with Gasteiger partial charge in [-0.1, -0.05) is 25.0 Å². The topological polar surface area (TPSA) is 113 Å². The number of carbonyl (C=O) groups excluding carboxylic acids is 3. The first-order valence-electron chi connectivity index (χ1n) is 14.5. The molecule has 3 heterocycles. The minimum atomic E-state index is -1.02. The van der Waals surface area contributed by atoms with Gasteiger partial charge in [0.1, 0.15) is 35.1 Å². The second kappa shape index (κ2) is 14.2. The lowest BCUT2D eigenvalue weighted by Crippen LogP contribution is -2.65. The predicted molar refractivity (Wildman–Crippen MR) is 163 cm³/mol. The van der Waals surface area contributed by atoms with E-state index in [1.807, 2.05) is 25.1 Å². The van der Waals surface area contributed by atoms with Crippen LogP contribution in [0.5, 0.6) is 5.75 Å². The number of carbonyl (C=O) groups is 3. The highest BCUT2D eigenvalue weighted by Gasteiger charge is 2.59. The quantitative estimate of drug-likeness (QED) is 0.197. The molecule has 0 spiro atoms. The molecular weight excluding hydrogens is 596 g/mol. The van der Waals surface area contributed by atoms with Gasteiger partial charge >= 0.3 is 11.9 Å². The van der Waals surface area contributed by atoms with Gasteiger partial charge in [0.25, 0.3) is 0 Å². The number of halogens is 1. The first kappa shape index (κ1) is 33.6. The third kappa shape index (κ3) is 7.85. The first-order valence-corrected chi connectivity index (χ1v) is 16.2. The molecular formula is C31H41ClN2O8S. The van der Waals surface area contributed by atoms with Gasteiger partial charge < -0.3 is 29.0 Å². The third-order valence-electron chi connectivity index (χ3n) is 7.70. The zero-order valence-corrected chi connectivity index (χ0v) is 27.2. The molecule has 0 aromatic heterocycles. The average Bonchev–Trinajstić information content (AvgIpc) is 3.48. The largest absolute Gasteiger partial charge is 0.452 e. The number of hydrogen-bond donors (Lipinski definition) is 1. The van der Waals surface area contributed by atoms with Crippen LogP contribution in [-0.2, 0) is 28.5 Å². The predicted octanol–water partition coefficient (Wildman–Crippen LogP) is 3.59. The second-order valence-corrected chi connectivity index (χ2v) is 13.1. The van der Waals surface area contributed by atoms with Crippen LogP contribution >= 0.6 is 23.4 Å². The number of rotatable bonds is 8. The summed E-state index contributed by atoms with van der Waals surface area (Å²) in [4.78, 5) is 40.6. The van der Waals surface area contributed by atoms with Crippen LogP contribution in [0.25, 0.3) is 0 Å². The van der Waals surface area contributed by atoms with Gasteiger partial charge in [-0.3, -0.25) is 14.5 Å². The van der Waals surface area contributed by atoms with Crippen LogP contribution in [0.4, 0.5) is 0 Å². The van der Waals surface area contributed by atoms with Crippen molar-refractivity contribution < 1.29 is 38.1 Å². The normalized spacial score (nSPS) is 31.2. The number of amides is 1. The lowest BCUT2D eigenvalue weighted by molar-refractivity contribution is -0.169. The molecule has 1 N–H and O–H groups in total. The van der Waals surface area contributed by atoms with Crippen molar-refractivity contribution in [2.45, 2.75) is 101 Å². The van der Waals surface area contributed by atoms with Crippen LogP contribution in [-0.4, -0.2) is 95.7 Å². The Bertz CT molecular complexity index is 1250. The smallest absolute Gasteiger partial charge is 0.342 e. The van der Waals surface area contributed by atoms with Crippen LogP contribution in [0.3, 0.4) is 0 Å². The summed E-state index contributed by atoms with van der Waals surface area (Å²) in [5, 5.41) is 2.61. The van der Waals surface area contributed by atoms with E-state index in [9.17, 15) is 14.4 Å². The Kier molecular flexibility index (Phi) is 11.1. The highest BCUT2D eigenvalue weighted by atomic mass is 35.5. The fourth-order valence-corrected chi connectivity index (χ4v) is 6.76. The van der Waals surface area contributed by atoms with E-state index in [1.165, 1.54) is 30.8 Å². The number of thioether (sulfide) groups is 1. The molecule has 9 atom stereocenters. The van der Waals surface area contributed by atoms with E-state index in [2.05, 4.69) is 17.2 Å². The van der Waals surface area contributed by atoms with Crippen molar-refractivity contribution in [2.24, 2.45) is 5.92 Å². The minimum absolute atomic E-state index is 0.0920. The number of nitrogens with zero attached hydrogens (tertiary/aromatic N) is 1. The zero-order valence-electron chi connectivity index (χ0n) is 25.6. The van der Waals surface area contributed by atoms with Crippen molar-refractivity contribution in [3.05, 3.63) is 29.8 Å². The Morgan fingerprint density at radius 3 is 2.58 bits per heavy atom. The Labute approximate surface area is 262 Å². The summed E-state index contributed by atoms with van der Waals surface area (Å²) in [6, 6.07) is 5.36. The summed E-state index contributed by atoms with van der Waals surface area (Å²) < 4.78 is 30.4. The van der Waals surface area contributed by atoms with E-state index < -0.39 is 59.0 Å². The van der Waals surface area contributed by atoms with Crippen molar-refractivity contribution in [1.82, 2.24) is 10.2 Å². The Hall–Kier alpha value is -2.33. The molecule has 0 radical (unpaired) electrons. The molecule has 3 fully saturated rings. The van der Waals surface area contributed by atoms with E-state index in [0.717, 1.165) is 6.42 Å². The summed E-state index contributed by atoms with van der Waals surface area (Å²) in [6.07, 6.45) is 0.213. The van der Waals surface area contributed by atoms with Crippen molar-refractivity contribution in [3.63, 3.8) is 0 Å². The van der Waals surface area contributed by atoms with E-state index in [4.69, 9.17) is 35.3 Å². The number of hydrogen-bond acceptors (Lipinski definition) is 10. The van der Waals surface area contributed by atoms with Crippen molar-refractivity contribution >= 4 is 41.2 Å². The highest BCUT2D eigenvalue weighted by molar-refractivity contribution is 7.99. The number of para-hydroxylation sites is 1. The van der Waals surface area contributed by atoms with Crippen LogP contribution in [0.2, 0.25) is 0 Å². The lowest BCUT2D eigenvalue weighted by atomic mass is 9.92. The maximum absolute atomic E-state index is 13.6. The van der Waals surface area contributed by atoms with Gasteiger partial charge in [0, 0.05) is 25.8 Å². The first-order chi connectivity index (χ1) is 20.3. The van der Waals surface area contributed by atoms with Gasteiger partial charge in [0.15, 0.2) is 11.9 Å². The van der Waals surface area contributed by atoms with Crippen molar-refractivity contribution in [1.29, 1.82) is 0 Å². The van der Waals surface area contributed by atoms with E-state index in [-0.39, 0.29) is 29.2 Å². The molecule has 4 rings (SSSR count). The molecule has 1 aromatic carbocycles. The maximum atomic E-state index is 13.6. The monoisotopic (exact) mass is 636 g/mol. The zero-order chi connectivity index (χ0) is 31.5. The maximum Gasteiger partial charge on any atom is 0.342 e. The van der Waals surface area contributed by atoms with Crippen LogP contribution in [0, 0.1) is 17.8 Å².